The van der Waals surface area contributed by atoms with Crippen molar-refractivity contribution in [1.82, 2.24) is 0 Å². The smallest absolute Gasteiger partial charge is 0.341 e. The Morgan fingerprint density at radius 1 is 1.04 bits per heavy atom. The Hall–Kier alpha value is -1.95. The summed E-state index contributed by atoms with van der Waals surface area (Å²) in [5, 5.41) is 3.15. The zero-order valence-electron chi connectivity index (χ0n) is 12.4. The van der Waals surface area contributed by atoms with E-state index in [1.165, 1.54) is 23.8 Å². The maximum Gasteiger partial charge on any atom is 0.341 e. The molecule has 0 fully saturated rings. The molecule has 1 aliphatic carbocycles. The first-order valence-corrected chi connectivity index (χ1v) is 9.00. The molecule has 0 amide bonds. The van der Waals surface area contributed by atoms with Gasteiger partial charge in [0.1, 0.15) is 0 Å². The number of hydrogen-bond donors (Lipinski definition) is 1. The van der Waals surface area contributed by atoms with Crippen molar-refractivity contribution in [2.45, 2.75) is 36.0 Å². The van der Waals surface area contributed by atoms with Gasteiger partial charge in [-0.3, -0.25) is 0 Å². The van der Waals surface area contributed by atoms with Crippen LogP contribution in [0.5, 0.6) is 0 Å². The van der Waals surface area contributed by atoms with E-state index in [0.717, 1.165) is 24.8 Å². The summed E-state index contributed by atoms with van der Waals surface area (Å²) in [7, 11) is -4.63. The SMILES string of the molecule is O=S(=O)(c1ccccc1NC1CCCc2ccccc21)C(F)F. The second-order valence-corrected chi connectivity index (χ2v) is 7.48. The van der Waals surface area contributed by atoms with Gasteiger partial charge in [0.05, 0.1) is 16.6 Å². The van der Waals surface area contributed by atoms with Gasteiger partial charge in [-0.15, -0.1) is 0 Å². The van der Waals surface area contributed by atoms with Crippen LogP contribution in [-0.2, 0) is 16.3 Å². The van der Waals surface area contributed by atoms with Crippen LogP contribution in [0.3, 0.4) is 0 Å². The lowest BCUT2D eigenvalue weighted by atomic mass is 9.87. The Morgan fingerprint density at radius 2 is 1.74 bits per heavy atom. The van der Waals surface area contributed by atoms with Gasteiger partial charge < -0.3 is 5.32 Å². The number of sulfone groups is 1. The summed E-state index contributed by atoms with van der Waals surface area (Å²) in [5.74, 6) is -3.43. The van der Waals surface area contributed by atoms with Crippen LogP contribution < -0.4 is 5.32 Å². The third-order valence-electron chi connectivity index (χ3n) is 4.13. The molecule has 3 nitrogen and oxygen atoms in total. The molecule has 0 spiro atoms. The Morgan fingerprint density at radius 3 is 2.52 bits per heavy atom. The Bertz CT molecular complexity index is 806. The number of aryl methyl sites for hydroxylation is 1. The quantitative estimate of drug-likeness (QED) is 0.911. The molecule has 0 bridgehead atoms. The second kappa shape index (κ2) is 6.28. The number of nitrogens with one attached hydrogen (secondary N) is 1. The lowest BCUT2D eigenvalue weighted by molar-refractivity contribution is 0.235. The number of fused-ring (bicyclic) bond motifs is 1. The lowest BCUT2D eigenvalue weighted by Gasteiger charge is -2.28. The Labute approximate surface area is 134 Å². The number of rotatable bonds is 4. The van der Waals surface area contributed by atoms with Crippen LogP contribution in [0.4, 0.5) is 14.5 Å². The average molecular weight is 337 g/mol. The Kier molecular flexibility index (Phi) is 4.35. The van der Waals surface area contributed by atoms with Gasteiger partial charge in [-0.05, 0) is 42.5 Å². The van der Waals surface area contributed by atoms with E-state index < -0.39 is 15.6 Å². The van der Waals surface area contributed by atoms with Gasteiger partial charge in [0.15, 0.2) is 0 Å². The van der Waals surface area contributed by atoms with E-state index in [0.29, 0.717) is 0 Å². The van der Waals surface area contributed by atoms with Crippen LogP contribution in [-0.4, -0.2) is 14.2 Å². The topological polar surface area (TPSA) is 46.2 Å². The fourth-order valence-corrected chi connectivity index (χ4v) is 3.92. The lowest BCUT2D eigenvalue weighted by Crippen LogP contribution is -2.20. The minimum absolute atomic E-state index is 0.0750. The van der Waals surface area contributed by atoms with Crippen molar-refractivity contribution in [3.63, 3.8) is 0 Å². The summed E-state index contributed by atoms with van der Waals surface area (Å²) in [6.45, 7) is 0. The van der Waals surface area contributed by atoms with Crippen molar-refractivity contribution in [3.05, 3.63) is 59.7 Å². The molecule has 1 atom stereocenters. The van der Waals surface area contributed by atoms with E-state index in [1.807, 2.05) is 24.3 Å². The van der Waals surface area contributed by atoms with E-state index >= 15 is 0 Å². The molecule has 6 heteroatoms. The van der Waals surface area contributed by atoms with E-state index in [9.17, 15) is 17.2 Å². The first kappa shape index (κ1) is 15.9. The van der Waals surface area contributed by atoms with E-state index in [1.54, 1.807) is 6.07 Å². The fourth-order valence-electron chi connectivity index (χ4n) is 3.02. The zero-order valence-corrected chi connectivity index (χ0v) is 13.2. The molecule has 3 rings (SSSR count). The number of halogens is 2. The number of alkyl halides is 2. The molecule has 0 radical (unpaired) electrons. The largest absolute Gasteiger partial charge is 0.377 e. The third kappa shape index (κ3) is 3.08. The maximum absolute atomic E-state index is 12.9. The second-order valence-electron chi connectivity index (χ2n) is 5.59. The van der Waals surface area contributed by atoms with Gasteiger partial charge in [0.2, 0.25) is 9.84 Å². The molecule has 0 aromatic heterocycles. The molecule has 122 valence electrons. The molecule has 2 aromatic carbocycles. The highest BCUT2D eigenvalue weighted by molar-refractivity contribution is 7.91. The Balaban J connectivity index is 1.97. The number of benzene rings is 2. The van der Waals surface area contributed by atoms with Gasteiger partial charge in [-0.1, -0.05) is 36.4 Å². The standard InChI is InChI=1S/C17H17F2NO2S/c18-17(19)23(21,22)16-11-4-3-9-15(16)20-14-10-5-7-12-6-1-2-8-13(12)14/h1-4,6,8-9,11,14,17,20H,5,7,10H2. The van der Waals surface area contributed by atoms with Crippen LogP contribution in [0, 0.1) is 0 Å². The number of para-hydroxylation sites is 1. The molecule has 0 saturated heterocycles. The highest BCUT2D eigenvalue weighted by Crippen LogP contribution is 2.35. The summed E-state index contributed by atoms with van der Waals surface area (Å²) >= 11 is 0. The average Bonchev–Trinajstić information content (AvgIpc) is 2.55. The molecule has 1 N–H and O–H groups in total. The van der Waals surface area contributed by atoms with Crippen molar-refractivity contribution in [2.24, 2.45) is 0 Å². The molecule has 1 unspecified atom stereocenters. The predicted octanol–water partition coefficient (Wildman–Crippen LogP) is 4.17. The summed E-state index contributed by atoms with van der Waals surface area (Å²) in [5.41, 5.74) is 2.54. The fraction of sp³-hybridized carbons (Fsp3) is 0.294. The highest BCUT2D eigenvalue weighted by atomic mass is 32.2. The first-order chi connectivity index (χ1) is 11.0. The van der Waals surface area contributed by atoms with Crippen LogP contribution in [0.2, 0.25) is 0 Å². The van der Waals surface area contributed by atoms with Crippen LogP contribution in [0.15, 0.2) is 53.4 Å². The molecule has 0 aliphatic heterocycles. The van der Waals surface area contributed by atoms with E-state index in [2.05, 4.69) is 5.32 Å². The van der Waals surface area contributed by atoms with Gasteiger partial charge >= 0.3 is 5.76 Å². The summed E-state index contributed by atoms with van der Waals surface area (Å²) < 4.78 is 49.5. The predicted molar refractivity (Wildman–Crippen MR) is 85.4 cm³/mol. The zero-order chi connectivity index (χ0) is 16.4. The van der Waals surface area contributed by atoms with Gasteiger partial charge in [-0.25, -0.2) is 8.42 Å². The van der Waals surface area contributed by atoms with Crippen molar-refractivity contribution < 1.29 is 17.2 Å². The molecule has 0 heterocycles. The molecule has 0 saturated carbocycles. The molecule has 1 aliphatic rings. The molecular weight excluding hydrogens is 320 g/mol. The van der Waals surface area contributed by atoms with Crippen molar-refractivity contribution in [3.8, 4) is 0 Å². The summed E-state index contributed by atoms with van der Waals surface area (Å²) in [6, 6.07) is 13.7. The minimum Gasteiger partial charge on any atom is -0.377 e. The van der Waals surface area contributed by atoms with Gasteiger partial charge in [-0.2, -0.15) is 8.78 Å². The van der Waals surface area contributed by atoms with E-state index in [4.69, 9.17) is 0 Å². The van der Waals surface area contributed by atoms with Crippen molar-refractivity contribution >= 4 is 15.5 Å². The van der Waals surface area contributed by atoms with Crippen LogP contribution >= 0.6 is 0 Å². The number of hydrogen-bond acceptors (Lipinski definition) is 3. The minimum atomic E-state index is -4.63. The third-order valence-corrected chi connectivity index (χ3v) is 5.57. The summed E-state index contributed by atoms with van der Waals surface area (Å²) in [4.78, 5) is -0.349. The van der Waals surface area contributed by atoms with Gasteiger partial charge in [0.25, 0.3) is 0 Å². The summed E-state index contributed by atoms with van der Waals surface area (Å²) in [6.07, 6.45) is 2.78. The van der Waals surface area contributed by atoms with Gasteiger partial charge in [0, 0.05) is 0 Å². The van der Waals surface area contributed by atoms with Crippen molar-refractivity contribution in [2.75, 3.05) is 5.32 Å². The number of anilines is 1. The maximum atomic E-state index is 12.9. The molecule has 23 heavy (non-hydrogen) atoms. The monoisotopic (exact) mass is 337 g/mol. The first-order valence-electron chi connectivity index (χ1n) is 7.45. The van der Waals surface area contributed by atoms with E-state index in [-0.39, 0.29) is 16.6 Å². The van der Waals surface area contributed by atoms with Crippen LogP contribution in [0.25, 0.3) is 0 Å². The molecule has 2 aromatic rings. The highest BCUT2D eigenvalue weighted by Gasteiger charge is 2.30. The normalized spacial score (nSPS) is 17.8. The van der Waals surface area contributed by atoms with Crippen molar-refractivity contribution in [1.29, 1.82) is 0 Å². The molecular formula is C17H17F2NO2S. The van der Waals surface area contributed by atoms with Crippen LogP contribution in [0.1, 0.15) is 30.0 Å².